The molecule has 0 spiro atoms. The van der Waals surface area contributed by atoms with Gasteiger partial charge < -0.3 is 5.11 Å². The van der Waals surface area contributed by atoms with E-state index in [1.165, 1.54) is 5.56 Å². The van der Waals surface area contributed by atoms with E-state index >= 15 is 0 Å². The van der Waals surface area contributed by atoms with E-state index in [1.807, 2.05) is 18.2 Å². The van der Waals surface area contributed by atoms with Crippen molar-refractivity contribution in [3.63, 3.8) is 0 Å². The van der Waals surface area contributed by atoms with Gasteiger partial charge in [0.1, 0.15) is 0 Å². The first kappa shape index (κ1) is 10.7. The third-order valence-corrected chi connectivity index (χ3v) is 3.66. The normalized spacial score (nSPS) is 31.1. The Hall–Kier alpha value is -0.860. The Labute approximate surface area is 91.5 Å². The predicted octanol–water partition coefficient (Wildman–Crippen LogP) is 1.99. The topological polar surface area (TPSA) is 23.5 Å². The Kier molecular flexibility index (Phi) is 2.81. The van der Waals surface area contributed by atoms with E-state index in [-0.39, 0.29) is 11.6 Å². The molecule has 1 fully saturated rings. The zero-order chi connectivity index (χ0) is 10.9. The summed E-state index contributed by atoms with van der Waals surface area (Å²) < 4.78 is 0. The summed E-state index contributed by atoms with van der Waals surface area (Å²) in [6.45, 7) is 0. The van der Waals surface area contributed by atoms with Crippen LogP contribution in [-0.4, -0.2) is 30.2 Å². The van der Waals surface area contributed by atoms with Gasteiger partial charge in [0.15, 0.2) is 0 Å². The average Bonchev–Trinajstić information content (AvgIpc) is 2.62. The lowest BCUT2D eigenvalue weighted by Crippen LogP contribution is -2.47. The molecular formula is C13H19NO. The Morgan fingerprint density at radius 1 is 1.27 bits per heavy atom. The van der Waals surface area contributed by atoms with E-state index in [0.29, 0.717) is 0 Å². The van der Waals surface area contributed by atoms with Crippen molar-refractivity contribution in [2.75, 3.05) is 14.1 Å². The van der Waals surface area contributed by atoms with Crippen LogP contribution < -0.4 is 0 Å². The van der Waals surface area contributed by atoms with Crippen LogP contribution in [-0.2, 0) is 5.54 Å². The van der Waals surface area contributed by atoms with Crippen molar-refractivity contribution in [2.24, 2.45) is 0 Å². The molecule has 2 unspecified atom stereocenters. The molecule has 1 saturated carbocycles. The Balaban J connectivity index is 2.44. The van der Waals surface area contributed by atoms with Gasteiger partial charge in [-0.3, -0.25) is 4.90 Å². The summed E-state index contributed by atoms with van der Waals surface area (Å²) in [5.74, 6) is 0. The van der Waals surface area contributed by atoms with Gasteiger partial charge in [-0.25, -0.2) is 0 Å². The number of hydrogen-bond acceptors (Lipinski definition) is 2. The van der Waals surface area contributed by atoms with Crippen molar-refractivity contribution < 1.29 is 5.11 Å². The average molecular weight is 205 g/mol. The molecule has 1 aliphatic carbocycles. The van der Waals surface area contributed by atoms with E-state index in [4.69, 9.17) is 0 Å². The maximum absolute atomic E-state index is 10.2. The highest BCUT2D eigenvalue weighted by atomic mass is 16.3. The SMILES string of the molecule is CN(C)C1(c2ccccc2)CCCC1O. The van der Waals surface area contributed by atoms with Crippen LogP contribution in [0.15, 0.2) is 30.3 Å². The maximum Gasteiger partial charge on any atom is 0.0765 e. The molecule has 0 bridgehead atoms. The van der Waals surface area contributed by atoms with Crippen molar-refractivity contribution in [1.82, 2.24) is 4.90 Å². The second-order valence-corrected chi connectivity index (χ2v) is 4.59. The number of aliphatic hydroxyl groups excluding tert-OH is 1. The summed E-state index contributed by atoms with van der Waals surface area (Å²) in [5.41, 5.74) is 1.07. The number of likely N-dealkylation sites (N-methyl/N-ethyl adjacent to an activating group) is 1. The summed E-state index contributed by atoms with van der Waals surface area (Å²) in [6, 6.07) is 10.4. The van der Waals surface area contributed by atoms with Gasteiger partial charge in [0.05, 0.1) is 11.6 Å². The van der Waals surface area contributed by atoms with E-state index < -0.39 is 0 Å². The molecule has 2 rings (SSSR count). The summed E-state index contributed by atoms with van der Waals surface area (Å²) in [6.07, 6.45) is 2.82. The lowest BCUT2D eigenvalue weighted by atomic mass is 9.85. The molecule has 1 aromatic carbocycles. The Morgan fingerprint density at radius 3 is 2.40 bits per heavy atom. The molecule has 2 atom stereocenters. The van der Waals surface area contributed by atoms with Gasteiger partial charge >= 0.3 is 0 Å². The van der Waals surface area contributed by atoms with Crippen LogP contribution in [0.5, 0.6) is 0 Å². The zero-order valence-corrected chi connectivity index (χ0v) is 9.48. The fraction of sp³-hybridized carbons (Fsp3) is 0.538. The summed E-state index contributed by atoms with van der Waals surface area (Å²) in [5, 5.41) is 10.2. The molecule has 1 aromatic rings. The molecule has 0 aliphatic heterocycles. The molecule has 0 aromatic heterocycles. The smallest absolute Gasteiger partial charge is 0.0765 e. The first-order valence-corrected chi connectivity index (χ1v) is 5.59. The first-order chi connectivity index (χ1) is 7.18. The summed E-state index contributed by atoms with van der Waals surface area (Å²) >= 11 is 0. The minimum Gasteiger partial charge on any atom is -0.391 e. The van der Waals surface area contributed by atoms with Gasteiger partial charge in [-0.15, -0.1) is 0 Å². The quantitative estimate of drug-likeness (QED) is 0.798. The number of aliphatic hydroxyl groups is 1. The highest BCUT2D eigenvalue weighted by molar-refractivity contribution is 5.27. The highest BCUT2D eigenvalue weighted by Crippen LogP contribution is 2.42. The molecule has 82 valence electrons. The van der Waals surface area contributed by atoms with E-state index in [9.17, 15) is 5.11 Å². The van der Waals surface area contributed by atoms with Crippen LogP contribution in [0.4, 0.5) is 0 Å². The largest absolute Gasteiger partial charge is 0.391 e. The van der Waals surface area contributed by atoms with Gasteiger partial charge in [0, 0.05) is 0 Å². The van der Waals surface area contributed by atoms with Gasteiger partial charge in [-0.1, -0.05) is 30.3 Å². The molecule has 0 heterocycles. The van der Waals surface area contributed by atoms with Gasteiger partial charge in [0.2, 0.25) is 0 Å². The van der Waals surface area contributed by atoms with E-state index in [2.05, 4.69) is 31.1 Å². The predicted molar refractivity (Wildman–Crippen MR) is 61.7 cm³/mol. The lowest BCUT2D eigenvalue weighted by molar-refractivity contribution is 0.0139. The molecule has 0 radical (unpaired) electrons. The van der Waals surface area contributed by atoms with Crippen molar-refractivity contribution in [3.05, 3.63) is 35.9 Å². The molecular weight excluding hydrogens is 186 g/mol. The van der Waals surface area contributed by atoms with Crippen LogP contribution in [0.2, 0.25) is 0 Å². The van der Waals surface area contributed by atoms with Crippen LogP contribution >= 0.6 is 0 Å². The van der Waals surface area contributed by atoms with Crippen molar-refractivity contribution in [1.29, 1.82) is 0 Å². The monoisotopic (exact) mass is 205 g/mol. The second kappa shape index (κ2) is 3.95. The number of benzene rings is 1. The summed E-state index contributed by atoms with van der Waals surface area (Å²) in [7, 11) is 4.11. The molecule has 2 heteroatoms. The molecule has 2 nitrogen and oxygen atoms in total. The second-order valence-electron chi connectivity index (χ2n) is 4.59. The minimum atomic E-state index is -0.241. The van der Waals surface area contributed by atoms with E-state index in [1.54, 1.807) is 0 Å². The Bertz CT molecular complexity index is 323. The third kappa shape index (κ3) is 1.58. The fourth-order valence-electron chi connectivity index (χ4n) is 2.81. The van der Waals surface area contributed by atoms with Crippen molar-refractivity contribution >= 4 is 0 Å². The van der Waals surface area contributed by atoms with Gasteiger partial charge in [0.25, 0.3) is 0 Å². The molecule has 1 N–H and O–H groups in total. The third-order valence-electron chi connectivity index (χ3n) is 3.66. The minimum absolute atomic E-state index is 0.165. The van der Waals surface area contributed by atoms with Crippen LogP contribution in [0.3, 0.4) is 0 Å². The van der Waals surface area contributed by atoms with Gasteiger partial charge in [-0.2, -0.15) is 0 Å². The zero-order valence-electron chi connectivity index (χ0n) is 9.48. The number of nitrogens with zero attached hydrogens (tertiary/aromatic N) is 1. The van der Waals surface area contributed by atoms with Crippen LogP contribution in [0, 0.1) is 0 Å². The van der Waals surface area contributed by atoms with Crippen LogP contribution in [0.1, 0.15) is 24.8 Å². The van der Waals surface area contributed by atoms with Gasteiger partial charge in [-0.05, 0) is 38.9 Å². The van der Waals surface area contributed by atoms with Crippen LogP contribution in [0.25, 0.3) is 0 Å². The highest BCUT2D eigenvalue weighted by Gasteiger charge is 2.45. The molecule has 0 amide bonds. The Morgan fingerprint density at radius 2 is 1.93 bits per heavy atom. The first-order valence-electron chi connectivity index (χ1n) is 5.59. The molecule has 0 saturated heterocycles. The van der Waals surface area contributed by atoms with E-state index in [0.717, 1.165) is 19.3 Å². The number of hydrogen-bond donors (Lipinski definition) is 1. The summed E-state index contributed by atoms with van der Waals surface area (Å²) in [4.78, 5) is 2.17. The standard InChI is InChI=1S/C13H19NO/c1-14(2)13(10-6-9-12(13)15)11-7-4-3-5-8-11/h3-5,7-8,12,15H,6,9-10H2,1-2H3. The van der Waals surface area contributed by atoms with Crippen molar-refractivity contribution in [3.8, 4) is 0 Å². The van der Waals surface area contributed by atoms with Crippen molar-refractivity contribution in [2.45, 2.75) is 30.9 Å². The number of rotatable bonds is 2. The molecule has 15 heavy (non-hydrogen) atoms. The lowest BCUT2D eigenvalue weighted by Gasteiger charge is -2.39. The fourth-order valence-corrected chi connectivity index (χ4v) is 2.81. The molecule has 1 aliphatic rings. The maximum atomic E-state index is 10.2.